The summed E-state index contributed by atoms with van der Waals surface area (Å²) in [6.45, 7) is 3.66. The van der Waals surface area contributed by atoms with Crippen molar-refractivity contribution >= 4 is 5.97 Å². The van der Waals surface area contributed by atoms with E-state index >= 15 is 0 Å². The van der Waals surface area contributed by atoms with E-state index in [2.05, 4.69) is 5.32 Å². The molecule has 2 fully saturated rings. The lowest BCUT2D eigenvalue weighted by Gasteiger charge is -2.47. The normalized spacial score (nSPS) is 43.2. The lowest BCUT2D eigenvalue weighted by atomic mass is 9.69. The zero-order valence-electron chi connectivity index (χ0n) is 8.00. The summed E-state index contributed by atoms with van der Waals surface area (Å²) >= 11 is 0. The maximum absolute atomic E-state index is 11.4. The lowest BCUT2D eigenvalue weighted by molar-refractivity contribution is -0.154. The van der Waals surface area contributed by atoms with E-state index in [0.29, 0.717) is 0 Å². The van der Waals surface area contributed by atoms with Gasteiger partial charge < -0.3 is 14.8 Å². The largest absolute Gasteiger partial charge is 0.468 e. The maximum Gasteiger partial charge on any atom is 0.323 e. The van der Waals surface area contributed by atoms with Crippen molar-refractivity contribution in [3.8, 4) is 0 Å². The third kappa shape index (κ3) is 1.09. The molecule has 2 rings (SSSR count). The summed E-state index contributed by atoms with van der Waals surface area (Å²) in [4.78, 5) is 11.4. The first-order valence-corrected chi connectivity index (χ1v) is 4.63. The number of ether oxygens (including phenoxy) is 2. The second kappa shape index (κ2) is 2.96. The van der Waals surface area contributed by atoms with Crippen molar-refractivity contribution in [1.82, 2.24) is 5.32 Å². The Morgan fingerprint density at radius 1 is 1.69 bits per heavy atom. The Morgan fingerprint density at radius 2 is 2.46 bits per heavy atom. The highest BCUT2D eigenvalue weighted by atomic mass is 16.5. The molecule has 13 heavy (non-hydrogen) atoms. The van der Waals surface area contributed by atoms with Crippen molar-refractivity contribution in [3.63, 3.8) is 0 Å². The zero-order chi connectivity index (χ0) is 9.47. The van der Waals surface area contributed by atoms with Gasteiger partial charge in [-0.2, -0.15) is 0 Å². The topological polar surface area (TPSA) is 47.6 Å². The predicted octanol–water partition coefficient (Wildman–Crippen LogP) is -0.0736. The second-order valence-corrected chi connectivity index (χ2v) is 3.83. The van der Waals surface area contributed by atoms with E-state index in [4.69, 9.17) is 9.47 Å². The number of hydrogen-bond acceptors (Lipinski definition) is 4. The zero-order valence-corrected chi connectivity index (χ0v) is 8.00. The summed E-state index contributed by atoms with van der Waals surface area (Å²) in [6.07, 6.45) is 1.12. The molecule has 2 saturated heterocycles. The molecule has 0 aliphatic carbocycles. The number of methoxy groups -OCH3 is 1. The molecule has 2 heterocycles. The van der Waals surface area contributed by atoms with Crippen molar-refractivity contribution in [3.05, 3.63) is 0 Å². The molecule has 4 nitrogen and oxygen atoms in total. The first-order chi connectivity index (χ1) is 6.20. The van der Waals surface area contributed by atoms with Crippen LogP contribution >= 0.6 is 0 Å². The smallest absolute Gasteiger partial charge is 0.323 e. The molecule has 1 N–H and O–H groups in total. The number of nitrogens with one attached hydrogen (secondary N) is 1. The van der Waals surface area contributed by atoms with Gasteiger partial charge in [-0.3, -0.25) is 4.79 Å². The van der Waals surface area contributed by atoms with E-state index < -0.39 is 0 Å². The van der Waals surface area contributed by atoms with Gasteiger partial charge in [-0.15, -0.1) is 0 Å². The van der Waals surface area contributed by atoms with Crippen molar-refractivity contribution in [1.29, 1.82) is 0 Å². The maximum atomic E-state index is 11.4. The minimum atomic E-state index is -0.163. The average molecular weight is 185 g/mol. The molecular formula is C9H15NO3. The Morgan fingerprint density at radius 3 is 2.85 bits per heavy atom. The standard InChI is InChI=1S/C9H15NO3/c1-6-9(3-4-13-6)5-10-7(9)8(11)12-2/h6-7,10H,3-5H2,1-2H3/t6-,7-,9+/m0/s1. The van der Waals surface area contributed by atoms with Crippen LogP contribution < -0.4 is 5.32 Å². The number of carbonyl (C=O) groups excluding carboxylic acids is 1. The molecule has 4 heteroatoms. The summed E-state index contributed by atoms with van der Waals surface area (Å²) in [7, 11) is 1.43. The Kier molecular flexibility index (Phi) is 2.04. The van der Waals surface area contributed by atoms with Gasteiger partial charge in [0.2, 0.25) is 0 Å². The highest BCUT2D eigenvalue weighted by molar-refractivity contribution is 5.78. The Balaban J connectivity index is 2.11. The molecular weight excluding hydrogens is 170 g/mol. The van der Waals surface area contributed by atoms with Crippen molar-refractivity contribution in [2.75, 3.05) is 20.3 Å². The second-order valence-electron chi connectivity index (χ2n) is 3.83. The third-order valence-electron chi connectivity index (χ3n) is 3.39. The first-order valence-electron chi connectivity index (χ1n) is 4.63. The van der Waals surface area contributed by atoms with Gasteiger partial charge in [0.05, 0.1) is 13.2 Å². The summed E-state index contributed by atoms with van der Waals surface area (Å²) in [5, 5.41) is 3.10. The van der Waals surface area contributed by atoms with E-state index in [1.165, 1.54) is 7.11 Å². The Labute approximate surface area is 77.6 Å². The van der Waals surface area contributed by atoms with Crippen LogP contribution in [0.15, 0.2) is 0 Å². The van der Waals surface area contributed by atoms with Crippen molar-refractivity contribution in [2.45, 2.75) is 25.5 Å². The first kappa shape index (κ1) is 8.97. The third-order valence-corrected chi connectivity index (χ3v) is 3.39. The Bertz CT molecular complexity index is 231. The van der Waals surface area contributed by atoms with E-state index in [1.54, 1.807) is 0 Å². The predicted molar refractivity (Wildman–Crippen MR) is 46.3 cm³/mol. The average Bonchev–Trinajstić information content (AvgIpc) is 2.47. The Hall–Kier alpha value is -0.610. The molecule has 3 atom stereocenters. The lowest BCUT2D eigenvalue weighted by Crippen LogP contribution is -2.68. The van der Waals surface area contributed by atoms with Gasteiger partial charge in [0.15, 0.2) is 0 Å². The molecule has 74 valence electrons. The minimum Gasteiger partial charge on any atom is -0.468 e. The van der Waals surface area contributed by atoms with Crippen molar-refractivity contribution in [2.24, 2.45) is 5.41 Å². The monoisotopic (exact) mass is 185 g/mol. The van der Waals surface area contributed by atoms with Crippen LogP contribution in [0.1, 0.15) is 13.3 Å². The summed E-state index contributed by atoms with van der Waals surface area (Å²) in [6, 6.07) is -0.157. The van der Waals surface area contributed by atoms with E-state index in [1.807, 2.05) is 6.92 Å². The van der Waals surface area contributed by atoms with E-state index in [-0.39, 0.29) is 23.5 Å². The van der Waals surface area contributed by atoms with Gasteiger partial charge >= 0.3 is 5.97 Å². The van der Waals surface area contributed by atoms with Gasteiger partial charge in [0.25, 0.3) is 0 Å². The number of rotatable bonds is 1. The summed E-state index contributed by atoms with van der Waals surface area (Å²) in [5.74, 6) is -0.163. The fraction of sp³-hybridized carbons (Fsp3) is 0.889. The summed E-state index contributed by atoms with van der Waals surface area (Å²) < 4.78 is 10.2. The number of carbonyl (C=O) groups is 1. The van der Waals surface area contributed by atoms with Crippen LogP contribution in [0.25, 0.3) is 0 Å². The molecule has 1 spiro atoms. The molecule has 0 radical (unpaired) electrons. The molecule has 0 aromatic rings. The molecule has 0 aromatic carbocycles. The SMILES string of the molecule is COC(=O)[C@@H]1NC[C@@]12CCO[C@H]2C. The van der Waals surface area contributed by atoms with Gasteiger partial charge in [-0.1, -0.05) is 0 Å². The summed E-state index contributed by atoms with van der Waals surface area (Å²) in [5.41, 5.74) is 0.00704. The van der Waals surface area contributed by atoms with Gasteiger partial charge in [-0.25, -0.2) is 0 Å². The van der Waals surface area contributed by atoms with E-state index in [0.717, 1.165) is 19.6 Å². The van der Waals surface area contributed by atoms with Crippen LogP contribution in [-0.2, 0) is 14.3 Å². The van der Waals surface area contributed by atoms with Gasteiger partial charge in [-0.05, 0) is 13.3 Å². The minimum absolute atomic E-state index is 0.00704. The molecule has 0 aromatic heterocycles. The fourth-order valence-electron chi connectivity index (χ4n) is 2.31. The fourth-order valence-corrected chi connectivity index (χ4v) is 2.31. The number of hydrogen-bond donors (Lipinski definition) is 1. The van der Waals surface area contributed by atoms with Crippen LogP contribution in [0.3, 0.4) is 0 Å². The van der Waals surface area contributed by atoms with Crippen LogP contribution in [-0.4, -0.2) is 38.4 Å². The molecule has 2 aliphatic rings. The van der Waals surface area contributed by atoms with Crippen LogP contribution in [0.4, 0.5) is 0 Å². The molecule has 2 aliphatic heterocycles. The molecule has 0 amide bonds. The van der Waals surface area contributed by atoms with Crippen LogP contribution in [0, 0.1) is 5.41 Å². The molecule has 0 bridgehead atoms. The van der Waals surface area contributed by atoms with Crippen LogP contribution in [0.2, 0.25) is 0 Å². The van der Waals surface area contributed by atoms with Crippen molar-refractivity contribution < 1.29 is 14.3 Å². The molecule has 0 saturated carbocycles. The van der Waals surface area contributed by atoms with Gasteiger partial charge in [0.1, 0.15) is 6.04 Å². The number of esters is 1. The highest BCUT2D eigenvalue weighted by Gasteiger charge is 2.57. The quantitative estimate of drug-likeness (QED) is 0.581. The highest BCUT2D eigenvalue weighted by Crippen LogP contribution is 2.43. The van der Waals surface area contributed by atoms with Gasteiger partial charge in [0, 0.05) is 18.6 Å². The molecule has 0 unspecified atom stereocenters. The van der Waals surface area contributed by atoms with E-state index in [9.17, 15) is 4.79 Å². The van der Waals surface area contributed by atoms with Crippen LogP contribution in [0.5, 0.6) is 0 Å².